The zero-order chi connectivity index (χ0) is 15.5. The van der Waals surface area contributed by atoms with E-state index in [-0.39, 0.29) is 17.5 Å². The molecule has 2 rings (SSSR count). The molecule has 0 aromatic carbocycles. The van der Waals surface area contributed by atoms with Crippen molar-refractivity contribution >= 4 is 5.91 Å². The van der Waals surface area contributed by atoms with E-state index in [4.69, 9.17) is 0 Å². The molecule has 1 aromatic heterocycles. The number of rotatable bonds is 2. The van der Waals surface area contributed by atoms with Crippen LogP contribution in [0.1, 0.15) is 35.3 Å². The molecule has 1 aromatic rings. The maximum Gasteiger partial charge on any atom is 0.433 e. The van der Waals surface area contributed by atoms with Crippen LogP contribution in [0.5, 0.6) is 0 Å². The van der Waals surface area contributed by atoms with Gasteiger partial charge in [0.25, 0.3) is 5.91 Å². The number of pyridine rings is 1. The number of amides is 1. The van der Waals surface area contributed by atoms with Gasteiger partial charge in [-0.15, -0.1) is 0 Å². The maximum absolute atomic E-state index is 12.5. The largest absolute Gasteiger partial charge is 0.433 e. The third-order valence-corrected chi connectivity index (χ3v) is 3.71. The highest BCUT2D eigenvalue weighted by Gasteiger charge is 2.32. The second-order valence-corrected chi connectivity index (χ2v) is 5.18. The summed E-state index contributed by atoms with van der Waals surface area (Å²) in [6.07, 6.45) is -0.774. The number of hydrogen-bond donors (Lipinski definition) is 1. The first kappa shape index (κ1) is 15.8. The van der Waals surface area contributed by atoms with E-state index in [2.05, 4.69) is 10.3 Å². The number of halogens is 3. The molecule has 1 aliphatic rings. The van der Waals surface area contributed by atoms with Gasteiger partial charge >= 0.3 is 6.18 Å². The minimum Gasteiger partial charge on any atom is -0.339 e. The van der Waals surface area contributed by atoms with Crippen LogP contribution in [0.25, 0.3) is 0 Å². The highest BCUT2D eigenvalue weighted by Crippen LogP contribution is 2.27. The van der Waals surface area contributed by atoms with Gasteiger partial charge in [0.15, 0.2) is 0 Å². The Balaban J connectivity index is 2.08. The zero-order valence-electron chi connectivity index (χ0n) is 11.8. The van der Waals surface area contributed by atoms with Crippen molar-refractivity contribution in [3.8, 4) is 0 Å². The van der Waals surface area contributed by atoms with E-state index in [0.29, 0.717) is 0 Å². The monoisotopic (exact) mass is 301 g/mol. The van der Waals surface area contributed by atoms with Crippen LogP contribution in [0.4, 0.5) is 13.2 Å². The molecule has 0 spiro atoms. The molecule has 1 amide bonds. The Morgan fingerprint density at radius 1 is 1.33 bits per heavy atom. The molecule has 0 radical (unpaired) electrons. The fourth-order valence-corrected chi connectivity index (χ4v) is 2.45. The van der Waals surface area contributed by atoms with Crippen molar-refractivity contribution < 1.29 is 18.0 Å². The standard InChI is InChI=1S/C14H18F3N3O/c1-20(11-3-2-7-18-8-6-11)13(21)10-4-5-12(19-9-10)14(15,16)17/h4-5,9,11,18H,2-3,6-8H2,1H3. The lowest BCUT2D eigenvalue weighted by molar-refractivity contribution is -0.141. The van der Waals surface area contributed by atoms with E-state index in [1.807, 2.05) is 0 Å². The summed E-state index contributed by atoms with van der Waals surface area (Å²) in [6, 6.07) is 2.13. The summed E-state index contributed by atoms with van der Waals surface area (Å²) in [6.45, 7) is 1.77. The molecule has 1 unspecified atom stereocenters. The normalized spacial score (nSPS) is 19.9. The smallest absolute Gasteiger partial charge is 0.339 e. The summed E-state index contributed by atoms with van der Waals surface area (Å²) in [5.41, 5.74) is -0.803. The van der Waals surface area contributed by atoms with Crippen molar-refractivity contribution in [3.63, 3.8) is 0 Å². The van der Waals surface area contributed by atoms with Crippen molar-refractivity contribution in [2.75, 3.05) is 20.1 Å². The fraction of sp³-hybridized carbons (Fsp3) is 0.571. The Morgan fingerprint density at radius 2 is 2.10 bits per heavy atom. The topological polar surface area (TPSA) is 45.2 Å². The van der Waals surface area contributed by atoms with Gasteiger partial charge in [0.1, 0.15) is 5.69 Å². The van der Waals surface area contributed by atoms with Crippen molar-refractivity contribution in [2.45, 2.75) is 31.5 Å². The summed E-state index contributed by atoms with van der Waals surface area (Å²) in [5.74, 6) is -0.289. The van der Waals surface area contributed by atoms with Gasteiger partial charge in [-0.1, -0.05) is 0 Å². The van der Waals surface area contributed by atoms with E-state index < -0.39 is 11.9 Å². The van der Waals surface area contributed by atoms with Gasteiger partial charge < -0.3 is 10.2 Å². The number of hydrogen-bond acceptors (Lipinski definition) is 3. The Morgan fingerprint density at radius 3 is 2.71 bits per heavy atom. The first-order chi connectivity index (χ1) is 9.89. The first-order valence-corrected chi connectivity index (χ1v) is 6.90. The number of carbonyl (C=O) groups is 1. The van der Waals surface area contributed by atoms with E-state index >= 15 is 0 Å². The SMILES string of the molecule is CN(C(=O)c1ccc(C(F)(F)F)nc1)C1CCCNCC1. The Bertz CT molecular complexity index is 479. The predicted octanol–water partition coefficient (Wildman–Crippen LogP) is 2.31. The average molecular weight is 301 g/mol. The lowest BCUT2D eigenvalue weighted by Gasteiger charge is -2.27. The molecule has 4 nitrogen and oxygen atoms in total. The van der Waals surface area contributed by atoms with Crippen LogP contribution in [0.15, 0.2) is 18.3 Å². The number of nitrogens with zero attached hydrogens (tertiary/aromatic N) is 2. The molecule has 1 saturated heterocycles. The maximum atomic E-state index is 12.5. The summed E-state index contributed by atoms with van der Waals surface area (Å²) in [7, 11) is 1.69. The van der Waals surface area contributed by atoms with Gasteiger partial charge in [-0.25, -0.2) is 0 Å². The van der Waals surface area contributed by atoms with Crippen molar-refractivity contribution in [2.24, 2.45) is 0 Å². The van der Waals surface area contributed by atoms with Crippen LogP contribution >= 0.6 is 0 Å². The number of nitrogens with one attached hydrogen (secondary N) is 1. The highest BCUT2D eigenvalue weighted by atomic mass is 19.4. The second-order valence-electron chi connectivity index (χ2n) is 5.18. The predicted molar refractivity (Wildman–Crippen MR) is 71.8 cm³/mol. The van der Waals surface area contributed by atoms with Crippen LogP contribution in [0.2, 0.25) is 0 Å². The van der Waals surface area contributed by atoms with Gasteiger partial charge in [-0.3, -0.25) is 9.78 Å². The number of carbonyl (C=O) groups excluding carboxylic acids is 1. The van der Waals surface area contributed by atoms with E-state index in [0.717, 1.165) is 44.6 Å². The number of aromatic nitrogens is 1. The second kappa shape index (κ2) is 6.43. The minimum atomic E-state index is -4.49. The molecular formula is C14H18F3N3O. The van der Waals surface area contributed by atoms with Crippen molar-refractivity contribution in [1.82, 2.24) is 15.2 Å². The molecule has 7 heteroatoms. The van der Waals surface area contributed by atoms with Gasteiger partial charge in [-0.2, -0.15) is 13.2 Å². The summed E-state index contributed by atoms with van der Waals surface area (Å²) < 4.78 is 37.4. The van der Waals surface area contributed by atoms with Crippen LogP contribution in [-0.2, 0) is 6.18 Å². The third-order valence-electron chi connectivity index (χ3n) is 3.71. The Kier molecular flexibility index (Phi) is 4.82. The van der Waals surface area contributed by atoms with Gasteiger partial charge in [0.2, 0.25) is 0 Å². The fourth-order valence-electron chi connectivity index (χ4n) is 2.45. The van der Waals surface area contributed by atoms with E-state index in [1.165, 1.54) is 6.07 Å². The summed E-state index contributed by atoms with van der Waals surface area (Å²) in [5, 5.41) is 3.26. The van der Waals surface area contributed by atoms with Crippen LogP contribution < -0.4 is 5.32 Å². The lowest BCUT2D eigenvalue weighted by Crippen LogP contribution is -2.37. The average Bonchev–Trinajstić information content (AvgIpc) is 2.74. The molecule has 21 heavy (non-hydrogen) atoms. The molecule has 1 fully saturated rings. The molecule has 0 bridgehead atoms. The summed E-state index contributed by atoms with van der Waals surface area (Å²) >= 11 is 0. The van der Waals surface area contributed by atoms with Crippen LogP contribution in [0, 0.1) is 0 Å². The van der Waals surface area contributed by atoms with E-state index in [9.17, 15) is 18.0 Å². The molecule has 2 heterocycles. The minimum absolute atomic E-state index is 0.106. The van der Waals surface area contributed by atoms with Gasteiger partial charge in [0, 0.05) is 19.3 Å². The molecule has 1 atom stereocenters. The van der Waals surface area contributed by atoms with Crippen molar-refractivity contribution in [3.05, 3.63) is 29.6 Å². The first-order valence-electron chi connectivity index (χ1n) is 6.90. The highest BCUT2D eigenvalue weighted by molar-refractivity contribution is 5.93. The third kappa shape index (κ3) is 3.93. The van der Waals surface area contributed by atoms with Crippen LogP contribution in [-0.4, -0.2) is 42.0 Å². The van der Waals surface area contributed by atoms with Crippen LogP contribution in [0.3, 0.4) is 0 Å². The summed E-state index contributed by atoms with van der Waals surface area (Å²) in [4.78, 5) is 17.2. The van der Waals surface area contributed by atoms with Gasteiger partial charge in [0.05, 0.1) is 5.56 Å². The Labute approximate surface area is 121 Å². The zero-order valence-corrected chi connectivity index (χ0v) is 11.8. The lowest BCUT2D eigenvalue weighted by atomic mass is 10.1. The molecule has 1 N–H and O–H groups in total. The van der Waals surface area contributed by atoms with Gasteiger partial charge in [-0.05, 0) is 44.5 Å². The molecule has 116 valence electrons. The quantitative estimate of drug-likeness (QED) is 0.912. The molecular weight excluding hydrogens is 283 g/mol. The molecule has 1 aliphatic heterocycles. The number of alkyl halides is 3. The van der Waals surface area contributed by atoms with Crippen molar-refractivity contribution in [1.29, 1.82) is 0 Å². The Hall–Kier alpha value is -1.63. The molecule has 0 saturated carbocycles. The molecule has 0 aliphatic carbocycles. The van der Waals surface area contributed by atoms with E-state index in [1.54, 1.807) is 11.9 Å².